The van der Waals surface area contributed by atoms with Gasteiger partial charge in [-0.25, -0.2) is 4.79 Å². The number of halogens is 1. The molecule has 33 heavy (non-hydrogen) atoms. The first-order valence-corrected chi connectivity index (χ1v) is 11.3. The summed E-state index contributed by atoms with van der Waals surface area (Å²) in [5.41, 5.74) is 5.00. The van der Waals surface area contributed by atoms with E-state index in [2.05, 4.69) is 10.3 Å². The molecule has 0 radical (unpaired) electrons. The number of aryl methyl sites for hydroxylation is 2. The maximum atomic E-state index is 13.2. The lowest BCUT2D eigenvalue weighted by Crippen LogP contribution is -2.37. The zero-order chi connectivity index (χ0) is 23.4. The molecule has 6 heteroatoms. The van der Waals surface area contributed by atoms with Gasteiger partial charge in [0.1, 0.15) is 0 Å². The molecule has 0 aliphatic heterocycles. The Morgan fingerprint density at radius 3 is 2.48 bits per heavy atom. The van der Waals surface area contributed by atoms with Gasteiger partial charge in [0, 0.05) is 12.1 Å². The number of hydrogen-bond donors (Lipinski definition) is 2. The van der Waals surface area contributed by atoms with Crippen LogP contribution in [0.2, 0.25) is 5.02 Å². The molecule has 168 valence electrons. The monoisotopic (exact) mass is 459 g/mol. The number of aromatic amines is 1. The van der Waals surface area contributed by atoms with Crippen molar-refractivity contribution in [3.63, 3.8) is 0 Å². The largest absolute Gasteiger partial charge is 0.322 e. The van der Waals surface area contributed by atoms with Gasteiger partial charge in [0.15, 0.2) is 0 Å². The fourth-order valence-electron chi connectivity index (χ4n) is 3.81. The average molecular weight is 460 g/mol. The van der Waals surface area contributed by atoms with Crippen molar-refractivity contribution >= 4 is 34.2 Å². The molecule has 0 spiro atoms. The van der Waals surface area contributed by atoms with Gasteiger partial charge in [-0.05, 0) is 60.5 Å². The molecule has 0 fully saturated rings. The molecular formula is C27H26ClN3O2. The molecule has 4 aromatic rings. The first kappa shape index (κ1) is 22.6. The number of amides is 2. The first-order chi connectivity index (χ1) is 15.9. The summed E-state index contributed by atoms with van der Waals surface area (Å²) in [4.78, 5) is 30.8. The number of urea groups is 1. The lowest BCUT2D eigenvalue weighted by atomic mass is 10.0. The van der Waals surface area contributed by atoms with Crippen LogP contribution in [-0.2, 0) is 13.0 Å². The number of nitrogens with one attached hydrogen (secondary N) is 2. The van der Waals surface area contributed by atoms with Gasteiger partial charge in [-0.15, -0.1) is 0 Å². The summed E-state index contributed by atoms with van der Waals surface area (Å²) in [6.07, 6.45) is 0.667. The van der Waals surface area contributed by atoms with E-state index < -0.39 is 0 Å². The van der Waals surface area contributed by atoms with Crippen LogP contribution in [0.3, 0.4) is 0 Å². The molecule has 5 nitrogen and oxygen atoms in total. The maximum absolute atomic E-state index is 13.2. The number of hydrogen-bond acceptors (Lipinski definition) is 2. The number of rotatable bonds is 6. The number of pyridine rings is 1. The van der Waals surface area contributed by atoms with Crippen LogP contribution in [0.4, 0.5) is 10.5 Å². The number of aromatic nitrogens is 1. The molecule has 0 unspecified atom stereocenters. The van der Waals surface area contributed by atoms with Crippen molar-refractivity contribution < 1.29 is 4.79 Å². The Balaban J connectivity index is 1.63. The summed E-state index contributed by atoms with van der Waals surface area (Å²) in [6, 6.07) is 22.7. The number of fused-ring (bicyclic) bond motifs is 1. The van der Waals surface area contributed by atoms with Crippen LogP contribution in [0.15, 0.2) is 77.6 Å². The van der Waals surface area contributed by atoms with Crippen LogP contribution in [-0.4, -0.2) is 22.5 Å². The Morgan fingerprint density at radius 2 is 1.73 bits per heavy atom. The summed E-state index contributed by atoms with van der Waals surface area (Å²) in [5.74, 6) is 0. The molecule has 3 aromatic carbocycles. The van der Waals surface area contributed by atoms with Crippen LogP contribution in [0.5, 0.6) is 0 Å². The third-order valence-corrected chi connectivity index (χ3v) is 6.23. The van der Waals surface area contributed by atoms with Gasteiger partial charge in [0.2, 0.25) is 0 Å². The number of nitrogens with zero attached hydrogens (tertiary/aromatic N) is 1. The van der Waals surface area contributed by atoms with Crippen LogP contribution >= 0.6 is 11.6 Å². The molecule has 4 rings (SSSR count). The van der Waals surface area contributed by atoms with Crippen LogP contribution in [0.25, 0.3) is 10.9 Å². The zero-order valence-electron chi connectivity index (χ0n) is 18.7. The van der Waals surface area contributed by atoms with Crippen molar-refractivity contribution in [1.82, 2.24) is 9.88 Å². The fourth-order valence-corrected chi connectivity index (χ4v) is 3.99. The van der Waals surface area contributed by atoms with E-state index in [0.29, 0.717) is 29.2 Å². The first-order valence-electron chi connectivity index (χ1n) is 10.9. The Kier molecular flexibility index (Phi) is 6.80. The second-order valence-corrected chi connectivity index (χ2v) is 8.57. The second-order valence-electron chi connectivity index (χ2n) is 8.16. The van der Waals surface area contributed by atoms with Crippen LogP contribution in [0.1, 0.15) is 22.3 Å². The predicted molar refractivity (Wildman–Crippen MR) is 135 cm³/mol. The van der Waals surface area contributed by atoms with Gasteiger partial charge >= 0.3 is 6.03 Å². The van der Waals surface area contributed by atoms with E-state index in [4.69, 9.17) is 11.6 Å². The van der Waals surface area contributed by atoms with E-state index in [0.717, 1.165) is 27.6 Å². The lowest BCUT2D eigenvalue weighted by molar-refractivity contribution is 0.209. The average Bonchev–Trinajstić information content (AvgIpc) is 2.82. The number of anilines is 1. The Bertz CT molecular complexity index is 1350. The maximum Gasteiger partial charge on any atom is 0.322 e. The molecule has 0 aliphatic carbocycles. The topological polar surface area (TPSA) is 65.2 Å². The Labute approximate surface area is 198 Å². The highest BCUT2D eigenvalue weighted by molar-refractivity contribution is 6.33. The molecule has 1 aromatic heterocycles. The number of H-pyrrole nitrogens is 1. The summed E-state index contributed by atoms with van der Waals surface area (Å²) in [6.45, 7) is 4.65. The lowest BCUT2D eigenvalue weighted by Gasteiger charge is -2.23. The van der Waals surface area contributed by atoms with Gasteiger partial charge < -0.3 is 15.2 Å². The van der Waals surface area contributed by atoms with E-state index in [1.54, 1.807) is 17.0 Å². The highest BCUT2D eigenvalue weighted by Crippen LogP contribution is 2.22. The molecule has 0 aliphatic rings. The van der Waals surface area contributed by atoms with E-state index >= 15 is 0 Å². The highest BCUT2D eigenvalue weighted by Gasteiger charge is 2.18. The van der Waals surface area contributed by atoms with Gasteiger partial charge in [0.05, 0.1) is 22.8 Å². The third kappa shape index (κ3) is 5.26. The molecule has 2 N–H and O–H groups in total. The van der Waals surface area contributed by atoms with Crippen molar-refractivity contribution in [2.45, 2.75) is 26.8 Å². The Morgan fingerprint density at radius 1 is 1.00 bits per heavy atom. The molecule has 0 saturated heterocycles. The summed E-state index contributed by atoms with van der Waals surface area (Å²) < 4.78 is 0. The third-order valence-electron chi connectivity index (χ3n) is 5.91. The minimum Gasteiger partial charge on any atom is -0.321 e. The number of carbonyl (C=O) groups is 1. The fraction of sp³-hybridized carbons (Fsp3) is 0.185. The van der Waals surface area contributed by atoms with Crippen molar-refractivity contribution in [2.24, 2.45) is 0 Å². The van der Waals surface area contributed by atoms with E-state index in [1.165, 1.54) is 0 Å². The SMILES string of the molecule is Cc1ccc2cc(CN(CCc3ccccc3)C(=O)Nc3ccccc3Cl)c(=O)[nH]c2c1C. The van der Waals surface area contributed by atoms with Gasteiger partial charge in [-0.2, -0.15) is 0 Å². The van der Waals surface area contributed by atoms with Crippen molar-refractivity contribution in [3.8, 4) is 0 Å². The predicted octanol–water partition coefficient (Wildman–Crippen LogP) is 6.08. The molecule has 2 amide bonds. The summed E-state index contributed by atoms with van der Waals surface area (Å²) in [5, 5.41) is 4.29. The molecular weight excluding hydrogens is 434 g/mol. The minimum atomic E-state index is -0.307. The second kappa shape index (κ2) is 9.92. The van der Waals surface area contributed by atoms with Crippen molar-refractivity contribution in [2.75, 3.05) is 11.9 Å². The highest BCUT2D eigenvalue weighted by atomic mass is 35.5. The van der Waals surface area contributed by atoms with E-state index in [9.17, 15) is 9.59 Å². The van der Waals surface area contributed by atoms with Gasteiger partial charge in [0.25, 0.3) is 5.56 Å². The van der Waals surface area contributed by atoms with Crippen LogP contribution < -0.4 is 10.9 Å². The number of para-hydroxylation sites is 1. The number of benzene rings is 3. The van der Waals surface area contributed by atoms with E-state index in [1.807, 2.05) is 74.5 Å². The minimum absolute atomic E-state index is 0.182. The summed E-state index contributed by atoms with van der Waals surface area (Å²) in [7, 11) is 0. The van der Waals surface area contributed by atoms with Crippen molar-refractivity contribution in [1.29, 1.82) is 0 Å². The van der Waals surface area contributed by atoms with Crippen molar-refractivity contribution in [3.05, 3.63) is 110 Å². The summed E-state index contributed by atoms with van der Waals surface area (Å²) >= 11 is 6.24. The Hall–Kier alpha value is -3.57. The molecule has 0 atom stereocenters. The number of carbonyl (C=O) groups excluding carboxylic acids is 1. The van der Waals surface area contributed by atoms with Gasteiger partial charge in [-0.1, -0.05) is 66.2 Å². The van der Waals surface area contributed by atoms with Crippen LogP contribution in [0, 0.1) is 13.8 Å². The molecule has 0 bridgehead atoms. The molecule has 0 saturated carbocycles. The molecule has 1 heterocycles. The van der Waals surface area contributed by atoms with Gasteiger partial charge in [-0.3, -0.25) is 4.79 Å². The normalized spacial score (nSPS) is 10.9. The standard InChI is InChI=1S/C27H26ClN3O2/c1-18-12-13-21-16-22(26(32)30-25(21)19(18)2)17-31(15-14-20-8-4-3-5-9-20)27(33)29-24-11-7-6-10-23(24)28/h3-13,16H,14-15,17H2,1-2H3,(H,29,33)(H,30,32). The smallest absolute Gasteiger partial charge is 0.321 e. The van der Waals surface area contributed by atoms with E-state index in [-0.39, 0.29) is 18.1 Å². The zero-order valence-corrected chi connectivity index (χ0v) is 19.4. The quantitative estimate of drug-likeness (QED) is 0.367.